The molecule has 0 radical (unpaired) electrons. The van der Waals surface area contributed by atoms with Gasteiger partial charge < -0.3 is 25.7 Å². The van der Waals surface area contributed by atoms with Crippen molar-refractivity contribution in [1.29, 1.82) is 0 Å². The highest BCUT2D eigenvalue weighted by Crippen LogP contribution is 2.29. The third kappa shape index (κ3) is 5.95. The minimum absolute atomic E-state index is 0.0231. The lowest BCUT2D eigenvalue weighted by atomic mass is 10.1. The first-order valence-corrected chi connectivity index (χ1v) is 9.50. The SMILES string of the molecule is COc1ccc(Cc2cnc(N)nc2N)cc1OCCCOc1ccc([N+](=O)[O-])cc1. The number of aromatic nitrogens is 2. The number of nitro groups is 1. The number of nitrogens with two attached hydrogens (primary N) is 2. The second-order valence-electron chi connectivity index (χ2n) is 6.60. The monoisotopic (exact) mass is 425 g/mol. The maximum absolute atomic E-state index is 10.7. The Balaban J connectivity index is 1.54. The summed E-state index contributed by atoms with van der Waals surface area (Å²) < 4.78 is 16.8. The summed E-state index contributed by atoms with van der Waals surface area (Å²) >= 11 is 0. The van der Waals surface area contributed by atoms with Gasteiger partial charge in [0, 0.05) is 36.7 Å². The lowest BCUT2D eigenvalue weighted by molar-refractivity contribution is -0.384. The Morgan fingerprint density at radius 1 is 1.03 bits per heavy atom. The minimum atomic E-state index is -0.451. The van der Waals surface area contributed by atoms with Crippen LogP contribution in [0.3, 0.4) is 0 Å². The van der Waals surface area contributed by atoms with Crippen molar-refractivity contribution >= 4 is 17.5 Å². The number of hydrogen-bond donors (Lipinski definition) is 2. The van der Waals surface area contributed by atoms with Crippen molar-refractivity contribution in [2.75, 3.05) is 31.8 Å². The molecule has 1 heterocycles. The summed E-state index contributed by atoms with van der Waals surface area (Å²) in [5, 5.41) is 10.7. The van der Waals surface area contributed by atoms with Gasteiger partial charge >= 0.3 is 0 Å². The molecule has 162 valence electrons. The number of nitrogen functional groups attached to an aromatic ring is 2. The van der Waals surface area contributed by atoms with E-state index in [9.17, 15) is 10.1 Å². The van der Waals surface area contributed by atoms with E-state index in [1.165, 1.54) is 12.1 Å². The standard InChI is InChI=1S/C21H23N5O5/c1-29-18-8-3-14(11-15-13-24-21(23)25-20(15)22)12-19(18)31-10-2-9-30-17-6-4-16(5-7-17)26(27)28/h3-8,12-13H,2,9-11H2,1H3,(H4,22,23,24,25). The molecule has 0 unspecified atom stereocenters. The van der Waals surface area contributed by atoms with Gasteiger partial charge in [-0.05, 0) is 29.8 Å². The van der Waals surface area contributed by atoms with Crippen LogP contribution in [0.25, 0.3) is 0 Å². The van der Waals surface area contributed by atoms with Crippen LogP contribution in [0.2, 0.25) is 0 Å². The highest BCUT2D eigenvalue weighted by Gasteiger charge is 2.10. The van der Waals surface area contributed by atoms with E-state index < -0.39 is 4.92 Å². The number of hydrogen-bond acceptors (Lipinski definition) is 9. The first kappa shape index (κ1) is 21.6. The number of non-ortho nitro benzene ring substituents is 1. The molecular formula is C21H23N5O5. The summed E-state index contributed by atoms with van der Waals surface area (Å²) in [6, 6.07) is 11.6. The Bertz CT molecular complexity index is 1040. The summed E-state index contributed by atoms with van der Waals surface area (Å²) in [4.78, 5) is 18.2. The van der Waals surface area contributed by atoms with Crippen LogP contribution < -0.4 is 25.7 Å². The molecule has 10 nitrogen and oxygen atoms in total. The molecule has 3 rings (SSSR count). The molecule has 0 atom stereocenters. The van der Waals surface area contributed by atoms with Gasteiger partial charge in [-0.15, -0.1) is 0 Å². The van der Waals surface area contributed by atoms with Crippen molar-refractivity contribution in [3.05, 3.63) is 69.9 Å². The molecule has 0 saturated carbocycles. The van der Waals surface area contributed by atoms with E-state index in [4.69, 9.17) is 25.7 Å². The third-order valence-corrected chi connectivity index (χ3v) is 4.40. The quantitative estimate of drug-likeness (QED) is 0.284. The molecule has 31 heavy (non-hydrogen) atoms. The van der Waals surface area contributed by atoms with Gasteiger partial charge in [-0.2, -0.15) is 4.98 Å². The molecule has 2 aromatic carbocycles. The maximum Gasteiger partial charge on any atom is 0.269 e. The zero-order valence-corrected chi connectivity index (χ0v) is 17.0. The van der Waals surface area contributed by atoms with E-state index in [1.807, 2.05) is 18.2 Å². The summed E-state index contributed by atoms with van der Waals surface area (Å²) in [6.45, 7) is 0.805. The number of nitrogens with zero attached hydrogens (tertiary/aromatic N) is 3. The van der Waals surface area contributed by atoms with Crippen molar-refractivity contribution in [3.8, 4) is 17.2 Å². The Morgan fingerprint density at radius 3 is 2.45 bits per heavy atom. The Kier molecular flexibility index (Phi) is 7.05. The summed E-state index contributed by atoms with van der Waals surface area (Å²) in [6.07, 6.45) is 2.75. The number of anilines is 2. The molecule has 4 N–H and O–H groups in total. The number of ether oxygens (including phenoxy) is 3. The van der Waals surface area contributed by atoms with Gasteiger partial charge in [-0.25, -0.2) is 4.98 Å². The zero-order valence-electron chi connectivity index (χ0n) is 17.0. The van der Waals surface area contributed by atoms with Crippen LogP contribution in [0.1, 0.15) is 17.5 Å². The lowest BCUT2D eigenvalue weighted by Gasteiger charge is -2.13. The van der Waals surface area contributed by atoms with E-state index in [-0.39, 0.29) is 11.6 Å². The smallest absolute Gasteiger partial charge is 0.269 e. The van der Waals surface area contributed by atoms with Crippen LogP contribution in [0.15, 0.2) is 48.7 Å². The molecule has 0 aliphatic carbocycles. The molecule has 0 fully saturated rings. The molecule has 0 aliphatic rings. The maximum atomic E-state index is 10.7. The van der Waals surface area contributed by atoms with Crippen LogP contribution in [-0.4, -0.2) is 35.2 Å². The van der Waals surface area contributed by atoms with Crippen LogP contribution in [0, 0.1) is 10.1 Å². The Hall–Kier alpha value is -4.08. The molecule has 3 aromatic rings. The molecular weight excluding hydrogens is 402 g/mol. The predicted molar refractivity (Wildman–Crippen MR) is 115 cm³/mol. The van der Waals surface area contributed by atoms with E-state index in [2.05, 4.69) is 9.97 Å². The van der Waals surface area contributed by atoms with Gasteiger partial charge in [0.05, 0.1) is 25.2 Å². The first-order valence-electron chi connectivity index (χ1n) is 9.50. The summed E-state index contributed by atoms with van der Waals surface area (Å²) in [7, 11) is 1.57. The first-order chi connectivity index (χ1) is 15.0. The van der Waals surface area contributed by atoms with Gasteiger partial charge in [0.25, 0.3) is 5.69 Å². The van der Waals surface area contributed by atoms with Crippen molar-refractivity contribution in [2.24, 2.45) is 0 Å². The molecule has 0 saturated heterocycles. The molecule has 0 spiro atoms. The topological polar surface area (TPSA) is 149 Å². The summed E-state index contributed by atoms with van der Waals surface area (Å²) in [5.41, 5.74) is 13.2. The number of benzene rings is 2. The van der Waals surface area contributed by atoms with Crippen LogP contribution in [-0.2, 0) is 6.42 Å². The van der Waals surface area contributed by atoms with Gasteiger partial charge in [0.1, 0.15) is 11.6 Å². The number of nitro benzene ring substituents is 1. The van der Waals surface area contributed by atoms with Gasteiger partial charge in [-0.1, -0.05) is 6.07 Å². The molecule has 0 amide bonds. The number of rotatable bonds is 10. The van der Waals surface area contributed by atoms with Gasteiger partial charge in [0.15, 0.2) is 11.5 Å². The Morgan fingerprint density at radius 2 is 1.77 bits per heavy atom. The lowest BCUT2D eigenvalue weighted by Crippen LogP contribution is -2.06. The highest BCUT2D eigenvalue weighted by molar-refractivity contribution is 5.48. The fourth-order valence-corrected chi connectivity index (χ4v) is 2.83. The van der Waals surface area contributed by atoms with Gasteiger partial charge in [0.2, 0.25) is 5.95 Å². The van der Waals surface area contributed by atoms with Crippen molar-refractivity contribution < 1.29 is 19.1 Å². The second-order valence-corrected chi connectivity index (χ2v) is 6.60. The van der Waals surface area contributed by atoms with Crippen LogP contribution in [0.5, 0.6) is 17.2 Å². The Labute approximate surface area is 178 Å². The highest BCUT2D eigenvalue weighted by atomic mass is 16.6. The van der Waals surface area contributed by atoms with Crippen molar-refractivity contribution in [2.45, 2.75) is 12.8 Å². The molecule has 0 aliphatic heterocycles. The molecule has 10 heteroatoms. The predicted octanol–water partition coefficient (Wildman–Crippen LogP) is 3.00. The average Bonchev–Trinajstić information content (AvgIpc) is 2.76. The van der Waals surface area contributed by atoms with E-state index in [1.54, 1.807) is 25.4 Å². The number of methoxy groups -OCH3 is 1. The fraction of sp³-hybridized carbons (Fsp3) is 0.238. The largest absolute Gasteiger partial charge is 0.493 e. The third-order valence-electron chi connectivity index (χ3n) is 4.40. The molecule has 0 bridgehead atoms. The van der Waals surface area contributed by atoms with Crippen LogP contribution >= 0.6 is 0 Å². The van der Waals surface area contributed by atoms with E-state index >= 15 is 0 Å². The van der Waals surface area contributed by atoms with Gasteiger partial charge in [-0.3, -0.25) is 10.1 Å². The van der Waals surface area contributed by atoms with E-state index in [0.29, 0.717) is 49.1 Å². The van der Waals surface area contributed by atoms with Crippen LogP contribution in [0.4, 0.5) is 17.5 Å². The minimum Gasteiger partial charge on any atom is -0.493 e. The second kappa shape index (κ2) is 10.1. The fourth-order valence-electron chi connectivity index (χ4n) is 2.83. The normalized spacial score (nSPS) is 10.5. The summed E-state index contributed by atoms with van der Waals surface area (Å²) in [5.74, 6) is 2.26. The molecule has 1 aromatic heterocycles. The van der Waals surface area contributed by atoms with E-state index in [0.717, 1.165) is 11.1 Å². The zero-order chi connectivity index (χ0) is 22.2. The van der Waals surface area contributed by atoms with Crippen molar-refractivity contribution in [1.82, 2.24) is 9.97 Å². The average molecular weight is 425 g/mol. The van der Waals surface area contributed by atoms with Crippen molar-refractivity contribution in [3.63, 3.8) is 0 Å².